The number of urea groups is 1. The molecular weight excluding hydrogens is 278 g/mol. The van der Waals surface area contributed by atoms with Gasteiger partial charge in [-0.2, -0.15) is 0 Å². The predicted molar refractivity (Wildman–Crippen MR) is 74.2 cm³/mol. The number of carbonyl (C=O) groups is 3. The molecule has 0 unspecified atom stereocenters. The van der Waals surface area contributed by atoms with Crippen LogP contribution in [0.2, 0.25) is 0 Å². The first-order chi connectivity index (χ1) is 9.88. The third-order valence-electron chi connectivity index (χ3n) is 2.59. The molecule has 1 aromatic rings. The molecule has 0 bridgehead atoms. The molecule has 21 heavy (non-hydrogen) atoms. The van der Waals surface area contributed by atoms with E-state index in [4.69, 9.17) is 15.2 Å². The number of hydrogen-bond donors (Lipinski definition) is 3. The molecule has 8 nitrogen and oxygen atoms in total. The highest BCUT2D eigenvalue weighted by Crippen LogP contribution is 2.25. The van der Waals surface area contributed by atoms with E-state index in [1.807, 2.05) is 0 Å². The lowest BCUT2D eigenvalue weighted by molar-refractivity contribution is -0.126. The number of methoxy groups -OCH3 is 1. The van der Waals surface area contributed by atoms with Gasteiger partial charge < -0.3 is 20.5 Å². The van der Waals surface area contributed by atoms with Crippen molar-refractivity contribution in [3.63, 3.8) is 0 Å². The second-order valence-corrected chi connectivity index (χ2v) is 4.05. The Balaban J connectivity index is 2.92. The standard InChI is InChI=1S/C13H17N3O5/c1-7(12(18)16-13(19)15-2)21-10-6-8(20-3)4-5-9(10)11(14)17/h4-7H,1-3H3,(H2,14,17)(H2,15,16,18,19)/t7-/m1/s1. The fourth-order valence-electron chi connectivity index (χ4n) is 1.45. The molecule has 4 amide bonds. The zero-order valence-electron chi connectivity index (χ0n) is 11.9. The third-order valence-corrected chi connectivity index (χ3v) is 2.59. The summed E-state index contributed by atoms with van der Waals surface area (Å²) in [7, 11) is 2.83. The van der Waals surface area contributed by atoms with Crippen LogP contribution in [-0.2, 0) is 4.79 Å². The fraction of sp³-hybridized carbons (Fsp3) is 0.308. The number of amides is 4. The molecule has 0 spiro atoms. The van der Waals surface area contributed by atoms with E-state index < -0.39 is 23.9 Å². The molecule has 1 rings (SSSR count). The number of carbonyl (C=O) groups excluding carboxylic acids is 3. The lowest BCUT2D eigenvalue weighted by Crippen LogP contribution is -2.44. The maximum atomic E-state index is 11.7. The van der Waals surface area contributed by atoms with E-state index in [-0.39, 0.29) is 11.3 Å². The van der Waals surface area contributed by atoms with Gasteiger partial charge in [0.1, 0.15) is 11.5 Å². The smallest absolute Gasteiger partial charge is 0.321 e. The minimum absolute atomic E-state index is 0.0985. The maximum absolute atomic E-state index is 11.7. The SMILES string of the molecule is CNC(=O)NC(=O)[C@@H](C)Oc1cc(OC)ccc1C(N)=O. The van der Waals surface area contributed by atoms with E-state index in [1.54, 1.807) is 6.07 Å². The number of nitrogens with two attached hydrogens (primary N) is 1. The Morgan fingerprint density at radius 3 is 2.48 bits per heavy atom. The average molecular weight is 295 g/mol. The van der Waals surface area contributed by atoms with Gasteiger partial charge >= 0.3 is 6.03 Å². The molecule has 4 N–H and O–H groups in total. The zero-order chi connectivity index (χ0) is 16.0. The van der Waals surface area contributed by atoms with E-state index in [1.165, 1.54) is 33.2 Å². The molecule has 0 radical (unpaired) electrons. The van der Waals surface area contributed by atoms with E-state index in [9.17, 15) is 14.4 Å². The molecule has 1 atom stereocenters. The summed E-state index contributed by atoms with van der Waals surface area (Å²) in [6.45, 7) is 1.43. The summed E-state index contributed by atoms with van der Waals surface area (Å²) in [6, 6.07) is 3.75. The molecule has 0 saturated heterocycles. The summed E-state index contributed by atoms with van der Waals surface area (Å²) in [4.78, 5) is 34.1. The van der Waals surface area contributed by atoms with Crippen LogP contribution in [0.4, 0.5) is 4.79 Å². The van der Waals surface area contributed by atoms with Gasteiger partial charge in [-0.3, -0.25) is 14.9 Å². The van der Waals surface area contributed by atoms with Gasteiger partial charge in [-0.05, 0) is 19.1 Å². The number of primary amides is 1. The van der Waals surface area contributed by atoms with Crippen LogP contribution < -0.4 is 25.8 Å². The molecule has 0 fully saturated rings. The van der Waals surface area contributed by atoms with Gasteiger partial charge in [0.05, 0.1) is 12.7 Å². The van der Waals surface area contributed by atoms with Gasteiger partial charge in [0.25, 0.3) is 11.8 Å². The number of nitrogens with one attached hydrogen (secondary N) is 2. The van der Waals surface area contributed by atoms with Crippen LogP contribution in [0, 0.1) is 0 Å². The first-order valence-corrected chi connectivity index (χ1v) is 6.06. The van der Waals surface area contributed by atoms with Crippen LogP contribution in [0.5, 0.6) is 11.5 Å². The van der Waals surface area contributed by atoms with Crippen LogP contribution in [0.1, 0.15) is 17.3 Å². The molecule has 0 saturated carbocycles. The van der Waals surface area contributed by atoms with Crippen LogP contribution >= 0.6 is 0 Å². The summed E-state index contributed by atoms with van der Waals surface area (Å²) in [5.74, 6) is -0.825. The van der Waals surface area contributed by atoms with Crippen molar-refractivity contribution in [2.75, 3.05) is 14.2 Å². The topological polar surface area (TPSA) is 120 Å². The van der Waals surface area contributed by atoms with Gasteiger partial charge in [0.2, 0.25) is 0 Å². The van der Waals surface area contributed by atoms with E-state index >= 15 is 0 Å². The van der Waals surface area contributed by atoms with Gasteiger partial charge in [0, 0.05) is 13.1 Å². The Hall–Kier alpha value is -2.77. The Morgan fingerprint density at radius 2 is 1.95 bits per heavy atom. The van der Waals surface area contributed by atoms with Crippen molar-refractivity contribution in [2.45, 2.75) is 13.0 Å². The van der Waals surface area contributed by atoms with Gasteiger partial charge in [-0.15, -0.1) is 0 Å². The minimum atomic E-state index is -1.01. The van der Waals surface area contributed by atoms with E-state index in [0.29, 0.717) is 5.75 Å². The summed E-state index contributed by atoms with van der Waals surface area (Å²) in [5, 5.41) is 4.31. The zero-order valence-corrected chi connectivity index (χ0v) is 11.9. The van der Waals surface area contributed by atoms with Crippen LogP contribution in [-0.4, -0.2) is 38.1 Å². The van der Waals surface area contributed by atoms with E-state index in [2.05, 4.69) is 10.6 Å². The van der Waals surface area contributed by atoms with Crippen LogP contribution in [0.25, 0.3) is 0 Å². The monoisotopic (exact) mass is 295 g/mol. The van der Waals surface area contributed by atoms with Crippen molar-refractivity contribution in [1.82, 2.24) is 10.6 Å². The largest absolute Gasteiger partial charge is 0.497 e. The highest BCUT2D eigenvalue weighted by Gasteiger charge is 2.20. The average Bonchev–Trinajstić information content (AvgIpc) is 2.46. The highest BCUT2D eigenvalue weighted by atomic mass is 16.5. The molecule has 0 aliphatic carbocycles. The predicted octanol–water partition coefficient (Wildman–Crippen LogP) is 0.0170. The van der Waals surface area contributed by atoms with Gasteiger partial charge in [-0.1, -0.05) is 0 Å². The third kappa shape index (κ3) is 4.37. The van der Waals surface area contributed by atoms with Crippen LogP contribution in [0.15, 0.2) is 18.2 Å². The lowest BCUT2D eigenvalue weighted by Gasteiger charge is -2.16. The van der Waals surface area contributed by atoms with Crippen molar-refractivity contribution >= 4 is 17.8 Å². The van der Waals surface area contributed by atoms with Crippen molar-refractivity contribution in [1.29, 1.82) is 0 Å². The molecule has 114 valence electrons. The quantitative estimate of drug-likeness (QED) is 0.707. The minimum Gasteiger partial charge on any atom is -0.497 e. The number of ether oxygens (including phenoxy) is 2. The second-order valence-electron chi connectivity index (χ2n) is 4.05. The van der Waals surface area contributed by atoms with Crippen molar-refractivity contribution in [3.8, 4) is 11.5 Å². The number of imide groups is 1. The highest BCUT2D eigenvalue weighted by molar-refractivity contribution is 5.97. The van der Waals surface area contributed by atoms with E-state index in [0.717, 1.165) is 0 Å². The molecule has 1 aromatic carbocycles. The van der Waals surface area contributed by atoms with Crippen LogP contribution in [0.3, 0.4) is 0 Å². The summed E-state index contributed by atoms with van der Waals surface area (Å²) in [6.07, 6.45) is -1.01. The molecule has 0 aliphatic heterocycles. The Morgan fingerprint density at radius 1 is 1.29 bits per heavy atom. The number of benzene rings is 1. The van der Waals surface area contributed by atoms with Crippen molar-refractivity contribution < 1.29 is 23.9 Å². The Kier molecular flexibility index (Phi) is 5.53. The Bertz CT molecular complexity index is 559. The first kappa shape index (κ1) is 16.3. The number of rotatable bonds is 5. The number of hydrogen-bond acceptors (Lipinski definition) is 5. The second kappa shape index (κ2) is 7.13. The summed E-state index contributed by atoms with van der Waals surface area (Å²) < 4.78 is 10.4. The molecule has 8 heteroatoms. The summed E-state index contributed by atoms with van der Waals surface area (Å²) in [5.41, 5.74) is 5.34. The first-order valence-electron chi connectivity index (χ1n) is 6.06. The maximum Gasteiger partial charge on any atom is 0.321 e. The molecule has 0 aromatic heterocycles. The summed E-state index contributed by atoms with van der Waals surface area (Å²) >= 11 is 0. The van der Waals surface area contributed by atoms with Gasteiger partial charge in [-0.25, -0.2) is 4.79 Å². The molecule has 0 aliphatic rings. The van der Waals surface area contributed by atoms with Crippen molar-refractivity contribution in [3.05, 3.63) is 23.8 Å². The Labute approximate surface area is 121 Å². The normalized spacial score (nSPS) is 11.2. The fourth-order valence-corrected chi connectivity index (χ4v) is 1.45. The van der Waals surface area contributed by atoms with Gasteiger partial charge in [0.15, 0.2) is 6.10 Å². The lowest BCUT2D eigenvalue weighted by atomic mass is 10.2. The molecule has 0 heterocycles. The molecular formula is C13H17N3O5. The van der Waals surface area contributed by atoms with Crippen molar-refractivity contribution in [2.24, 2.45) is 5.73 Å².